The van der Waals surface area contributed by atoms with Gasteiger partial charge >= 0.3 is 0 Å². The molecule has 0 radical (unpaired) electrons. The van der Waals surface area contributed by atoms with E-state index >= 15 is 0 Å². The summed E-state index contributed by atoms with van der Waals surface area (Å²) in [5.41, 5.74) is 2.59. The molecule has 2 atom stereocenters. The number of rotatable bonds is 6. The minimum atomic E-state index is 0.169. The third kappa shape index (κ3) is 4.76. The van der Waals surface area contributed by atoms with E-state index in [1.165, 1.54) is 56.3 Å². The van der Waals surface area contributed by atoms with Crippen LogP contribution in [-0.2, 0) is 13.1 Å². The van der Waals surface area contributed by atoms with Crippen LogP contribution in [0.15, 0.2) is 36.7 Å². The van der Waals surface area contributed by atoms with E-state index in [1.807, 2.05) is 23.1 Å². The zero-order valence-electron chi connectivity index (χ0n) is 17.3. The number of fused-ring (bicyclic) bond motifs is 1. The van der Waals surface area contributed by atoms with Gasteiger partial charge in [0.1, 0.15) is 5.75 Å². The Hall–Kier alpha value is -1.85. The summed E-state index contributed by atoms with van der Waals surface area (Å²) < 4.78 is 8.04. The van der Waals surface area contributed by atoms with Gasteiger partial charge in [-0.1, -0.05) is 18.9 Å². The number of nitrogens with one attached hydrogen (secondary N) is 1. The van der Waals surface area contributed by atoms with Crippen LogP contribution in [0.25, 0.3) is 0 Å². The summed E-state index contributed by atoms with van der Waals surface area (Å²) >= 11 is 0. The largest absolute Gasteiger partial charge is 0.491 e. The van der Waals surface area contributed by atoms with Crippen molar-refractivity contribution in [3.8, 4) is 5.75 Å². The molecule has 2 aromatic rings. The standard InChI is InChI=1S/C23H34N4O/c1-18(2)28-23-9-8-19(15-20(23)17-27-13-6-12-25-27)16-26-14-10-21-22(26)7-4-3-5-11-24-21/h6,8-9,12-13,15,18,21-22,24H,3-5,7,10-11,14,16-17H2,1-2H3/t21-,22+/m0/s1. The topological polar surface area (TPSA) is 42.3 Å². The summed E-state index contributed by atoms with van der Waals surface area (Å²) in [5.74, 6) is 0.973. The zero-order valence-corrected chi connectivity index (χ0v) is 17.3. The molecule has 1 N–H and O–H groups in total. The first-order valence-electron chi connectivity index (χ1n) is 10.9. The van der Waals surface area contributed by atoms with Gasteiger partial charge in [0, 0.05) is 43.1 Å². The molecule has 3 heterocycles. The van der Waals surface area contributed by atoms with E-state index in [0.717, 1.165) is 18.8 Å². The van der Waals surface area contributed by atoms with Crippen LogP contribution >= 0.6 is 0 Å². The highest BCUT2D eigenvalue weighted by molar-refractivity contribution is 5.38. The number of hydrogen-bond donors (Lipinski definition) is 1. The molecule has 5 heteroatoms. The van der Waals surface area contributed by atoms with Crippen LogP contribution in [0.4, 0.5) is 0 Å². The van der Waals surface area contributed by atoms with Crippen molar-refractivity contribution < 1.29 is 4.74 Å². The van der Waals surface area contributed by atoms with Crippen molar-refractivity contribution >= 4 is 0 Å². The van der Waals surface area contributed by atoms with Gasteiger partial charge < -0.3 is 10.1 Å². The first-order valence-corrected chi connectivity index (χ1v) is 10.9. The van der Waals surface area contributed by atoms with E-state index in [9.17, 15) is 0 Å². The van der Waals surface area contributed by atoms with Crippen molar-refractivity contribution in [2.24, 2.45) is 0 Å². The number of nitrogens with zero attached hydrogens (tertiary/aromatic N) is 3. The molecule has 2 fully saturated rings. The third-order valence-corrected chi connectivity index (χ3v) is 6.01. The minimum Gasteiger partial charge on any atom is -0.491 e. The Morgan fingerprint density at radius 3 is 2.93 bits per heavy atom. The van der Waals surface area contributed by atoms with Crippen LogP contribution in [0.2, 0.25) is 0 Å². The van der Waals surface area contributed by atoms with E-state index < -0.39 is 0 Å². The molecule has 0 bridgehead atoms. The number of hydrogen-bond acceptors (Lipinski definition) is 4. The average Bonchev–Trinajstić information content (AvgIpc) is 3.27. The van der Waals surface area contributed by atoms with E-state index in [-0.39, 0.29) is 6.10 Å². The zero-order chi connectivity index (χ0) is 19.3. The summed E-state index contributed by atoms with van der Waals surface area (Å²) in [5, 5.41) is 8.18. The van der Waals surface area contributed by atoms with Gasteiger partial charge in [0.05, 0.1) is 12.6 Å². The number of likely N-dealkylation sites (tertiary alicyclic amines) is 1. The highest BCUT2D eigenvalue weighted by Gasteiger charge is 2.33. The Kier molecular flexibility index (Phi) is 6.33. The van der Waals surface area contributed by atoms with E-state index in [1.54, 1.807) is 0 Å². The van der Waals surface area contributed by atoms with Crippen molar-refractivity contribution in [3.05, 3.63) is 47.8 Å². The van der Waals surface area contributed by atoms with Crippen LogP contribution in [0.1, 0.15) is 57.1 Å². The Balaban J connectivity index is 1.50. The fourth-order valence-electron chi connectivity index (χ4n) is 4.71. The second-order valence-electron chi connectivity index (χ2n) is 8.55. The van der Waals surface area contributed by atoms with Crippen LogP contribution in [0.5, 0.6) is 5.75 Å². The molecular weight excluding hydrogens is 348 g/mol. The lowest BCUT2D eigenvalue weighted by atomic mass is 9.99. The molecule has 1 aromatic heterocycles. The molecule has 0 spiro atoms. The highest BCUT2D eigenvalue weighted by Crippen LogP contribution is 2.28. The second-order valence-corrected chi connectivity index (χ2v) is 8.55. The maximum Gasteiger partial charge on any atom is 0.124 e. The molecular formula is C23H34N4O. The molecule has 152 valence electrons. The predicted molar refractivity (Wildman–Crippen MR) is 113 cm³/mol. The lowest BCUT2D eigenvalue weighted by molar-refractivity contribution is 0.204. The normalized spacial score (nSPS) is 23.4. The molecule has 0 amide bonds. The van der Waals surface area contributed by atoms with Crippen molar-refractivity contribution in [2.75, 3.05) is 13.1 Å². The fraction of sp³-hybridized carbons (Fsp3) is 0.609. The van der Waals surface area contributed by atoms with Crippen LogP contribution in [0, 0.1) is 0 Å². The lowest BCUT2D eigenvalue weighted by Crippen LogP contribution is -2.43. The number of ether oxygens (including phenoxy) is 1. The third-order valence-electron chi connectivity index (χ3n) is 6.01. The van der Waals surface area contributed by atoms with Gasteiger partial charge in [-0.15, -0.1) is 0 Å². The Bertz CT molecular complexity index is 743. The lowest BCUT2D eigenvalue weighted by Gasteiger charge is -2.30. The van der Waals surface area contributed by atoms with Crippen LogP contribution in [-0.4, -0.2) is 46.0 Å². The molecule has 0 aliphatic carbocycles. The smallest absolute Gasteiger partial charge is 0.124 e. The second kappa shape index (κ2) is 9.10. The van der Waals surface area contributed by atoms with Gasteiger partial charge in [-0.25, -0.2) is 0 Å². The summed E-state index contributed by atoms with van der Waals surface area (Å²) in [6.07, 6.45) is 10.7. The van der Waals surface area contributed by atoms with Crippen molar-refractivity contribution in [3.63, 3.8) is 0 Å². The van der Waals surface area contributed by atoms with Crippen molar-refractivity contribution in [1.82, 2.24) is 20.0 Å². The predicted octanol–water partition coefficient (Wildman–Crippen LogP) is 3.83. The first-order chi connectivity index (χ1) is 13.7. The van der Waals surface area contributed by atoms with Crippen LogP contribution < -0.4 is 10.1 Å². The van der Waals surface area contributed by atoms with E-state index in [0.29, 0.717) is 12.1 Å². The molecule has 2 saturated heterocycles. The molecule has 5 nitrogen and oxygen atoms in total. The summed E-state index contributed by atoms with van der Waals surface area (Å²) in [6, 6.07) is 10.0. The molecule has 1 aromatic carbocycles. The first kappa shape index (κ1) is 19.5. The number of aromatic nitrogens is 2. The minimum absolute atomic E-state index is 0.169. The van der Waals surface area contributed by atoms with Gasteiger partial charge in [-0.2, -0.15) is 5.10 Å². The van der Waals surface area contributed by atoms with Crippen molar-refractivity contribution in [2.45, 2.75) is 77.2 Å². The van der Waals surface area contributed by atoms with Gasteiger partial charge in [0.15, 0.2) is 0 Å². The molecule has 0 saturated carbocycles. The quantitative estimate of drug-likeness (QED) is 0.825. The molecule has 2 aliphatic rings. The van der Waals surface area contributed by atoms with E-state index in [4.69, 9.17) is 4.74 Å². The van der Waals surface area contributed by atoms with Gasteiger partial charge in [0.25, 0.3) is 0 Å². The Labute approximate surface area is 169 Å². The maximum absolute atomic E-state index is 6.07. The number of benzene rings is 1. The molecule has 2 aliphatic heterocycles. The van der Waals surface area contributed by atoms with Crippen molar-refractivity contribution in [1.29, 1.82) is 0 Å². The van der Waals surface area contributed by atoms with E-state index in [2.05, 4.69) is 47.4 Å². The Morgan fingerprint density at radius 2 is 2.11 bits per heavy atom. The summed E-state index contributed by atoms with van der Waals surface area (Å²) in [6.45, 7) is 8.31. The monoisotopic (exact) mass is 382 g/mol. The SMILES string of the molecule is CC(C)Oc1ccc(CN2CC[C@@H]3NCCCCC[C@H]32)cc1Cn1cccn1. The van der Waals surface area contributed by atoms with Gasteiger partial charge in [-0.3, -0.25) is 9.58 Å². The maximum atomic E-state index is 6.07. The molecule has 0 unspecified atom stereocenters. The summed E-state index contributed by atoms with van der Waals surface area (Å²) in [4.78, 5) is 2.69. The summed E-state index contributed by atoms with van der Waals surface area (Å²) in [7, 11) is 0. The molecule has 4 rings (SSSR count). The Morgan fingerprint density at radius 1 is 1.18 bits per heavy atom. The van der Waals surface area contributed by atoms with Crippen LogP contribution in [0.3, 0.4) is 0 Å². The highest BCUT2D eigenvalue weighted by atomic mass is 16.5. The molecule has 28 heavy (non-hydrogen) atoms. The fourth-order valence-corrected chi connectivity index (χ4v) is 4.71. The average molecular weight is 383 g/mol. The van der Waals surface area contributed by atoms with Gasteiger partial charge in [-0.05, 0) is 63.4 Å². The van der Waals surface area contributed by atoms with Gasteiger partial charge in [0.2, 0.25) is 0 Å².